The van der Waals surface area contributed by atoms with Gasteiger partial charge in [0.25, 0.3) is 0 Å². The third-order valence-electron chi connectivity index (χ3n) is 1.80. The molecular weight excluding hydrogens is 166 g/mol. The molecule has 0 aromatic heterocycles. The standard InChI is InChI=1S/C6H11NO5/c7-2-1-3(5(9)10)12-6(11)4(2)8/h2-4,6,8,11H,1,7H2,(H,9,10)/t2-,3-,4+,6-/m1/s1. The minimum Gasteiger partial charge on any atom is -0.479 e. The number of carboxylic acid groups (broad SMARTS) is 1. The van der Waals surface area contributed by atoms with E-state index < -0.39 is 30.5 Å². The summed E-state index contributed by atoms with van der Waals surface area (Å²) in [6.45, 7) is 0. The Labute approximate surface area is 68.6 Å². The number of carboxylic acids is 1. The van der Waals surface area contributed by atoms with Crippen molar-refractivity contribution in [3.05, 3.63) is 0 Å². The van der Waals surface area contributed by atoms with Crippen molar-refractivity contribution < 1.29 is 24.9 Å². The van der Waals surface area contributed by atoms with Gasteiger partial charge in [0, 0.05) is 12.5 Å². The lowest BCUT2D eigenvalue weighted by Crippen LogP contribution is -2.54. The number of rotatable bonds is 1. The highest BCUT2D eigenvalue weighted by Gasteiger charge is 2.37. The van der Waals surface area contributed by atoms with Crippen LogP contribution in [0.5, 0.6) is 0 Å². The smallest absolute Gasteiger partial charge is 0.333 e. The van der Waals surface area contributed by atoms with Crippen LogP contribution in [0.1, 0.15) is 6.42 Å². The molecule has 0 saturated carbocycles. The van der Waals surface area contributed by atoms with E-state index in [4.69, 9.17) is 21.1 Å². The quantitative estimate of drug-likeness (QED) is 0.364. The van der Waals surface area contributed by atoms with Crippen LogP contribution in [-0.2, 0) is 9.53 Å². The molecule has 1 heterocycles. The van der Waals surface area contributed by atoms with Crippen molar-refractivity contribution in [1.29, 1.82) is 0 Å². The zero-order valence-electron chi connectivity index (χ0n) is 6.25. The SMILES string of the molecule is N[C@@H]1C[C@H](C(=O)O)O[C@@H](O)[C@H]1O. The molecule has 0 aromatic carbocycles. The molecule has 4 atom stereocenters. The van der Waals surface area contributed by atoms with E-state index in [0.717, 1.165) is 0 Å². The molecule has 1 aliphatic heterocycles. The van der Waals surface area contributed by atoms with E-state index in [1.54, 1.807) is 0 Å². The molecule has 6 nitrogen and oxygen atoms in total. The van der Waals surface area contributed by atoms with E-state index in [-0.39, 0.29) is 6.42 Å². The lowest BCUT2D eigenvalue weighted by atomic mass is 10.0. The summed E-state index contributed by atoms with van der Waals surface area (Å²) in [5.74, 6) is -1.18. The first-order chi connectivity index (χ1) is 5.52. The fraction of sp³-hybridized carbons (Fsp3) is 0.833. The predicted octanol–water partition coefficient (Wildman–Crippen LogP) is -2.13. The van der Waals surface area contributed by atoms with Crippen LogP contribution in [0.2, 0.25) is 0 Å². The zero-order valence-corrected chi connectivity index (χ0v) is 6.25. The molecule has 70 valence electrons. The highest BCUT2D eigenvalue weighted by Crippen LogP contribution is 2.17. The number of aliphatic hydroxyl groups excluding tert-OH is 2. The number of carbonyl (C=O) groups is 1. The lowest BCUT2D eigenvalue weighted by molar-refractivity contribution is -0.226. The Morgan fingerprint density at radius 1 is 1.50 bits per heavy atom. The van der Waals surface area contributed by atoms with Crippen LogP contribution in [0.3, 0.4) is 0 Å². The predicted molar refractivity (Wildman–Crippen MR) is 37.1 cm³/mol. The fourth-order valence-corrected chi connectivity index (χ4v) is 1.06. The molecule has 1 aliphatic rings. The molecular formula is C6H11NO5. The monoisotopic (exact) mass is 177 g/mol. The van der Waals surface area contributed by atoms with Crippen LogP contribution in [0.15, 0.2) is 0 Å². The van der Waals surface area contributed by atoms with Gasteiger partial charge in [-0.25, -0.2) is 4.79 Å². The van der Waals surface area contributed by atoms with Crippen molar-refractivity contribution in [1.82, 2.24) is 0 Å². The van der Waals surface area contributed by atoms with Crippen molar-refractivity contribution in [3.8, 4) is 0 Å². The molecule has 1 rings (SSSR count). The molecule has 0 aliphatic carbocycles. The van der Waals surface area contributed by atoms with E-state index >= 15 is 0 Å². The summed E-state index contributed by atoms with van der Waals surface area (Å²) in [6.07, 6.45) is -3.83. The molecule has 0 unspecified atom stereocenters. The van der Waals surface area contributed by atoms with Crippen molar-refractivity contribution in [2.45, 2.75) is 31.0 Å². The van der Waals surface area contributed by atoms with Gasteiger partial charge < -0.3 is 25.8 Å². The lowest BCUT2D eigenvalue weighted by Gasteiger charge is -2.32. The first kappa shape index (κ1) is 9.40. The first-order valence-corrected chi connectivity index (χ1v) is 3.52. The second-order valence-corrected chi connectivity index (χ2v) is 2.74. The largest absolute Gasteiger partial charge is 0.479 e. The van der Waals surface area contributed by atoms with Crippen LogP contribution in [0.4, 0.5) is 0 Å². The topological polar surface area (TPSA) is 113 Å². The Kier molecular flexibility index (Phi) is 2.63. The van der Waals surface area contributed by atoms with Crippen LogP contribution < -0.4 is 5.73 Å². The van der Waals surface area contributed by atoms with E-state index in [2.05, 4.69) is 4.74 Å². The second kappa shape index (κ2) is 3.36. The molecule has 5 N–H and O–H groups in total. The summed E-state index contributed by atoms with van der Waals surface area (Å²) in [4.78, 5) is 10.4. The van der Waals surface area contributed by atoms with E-state index in [0.29, 0.717) is 0 Å². The van der Waals surface area contributed by atoms with E-state index in [1.807, 2.05) is 0 Å². The highest BCUT2D eigenvalue weighted by atomic mass is 16.6. The van der Waals surface area contributed by atoms with Gasteiger partial charge in [-0.1, -0.05) is 0 Å². The molecule has 1 fully saturated rings. The maximum absolute atomic E-state index is 10.4. The number of aliphatic hydroxyl groups is 2. The van der Waals surface area contributed by atoms with Gasteiger partial charge in [0.15, 0.2) is 12.4 Å². The van der Waals surface area contributed by atoms with E-state index in [1.165, 1.54) is 0 Å². The molecule has 0 amide bonds. The van der Waals surface area contributed by atoms with Crippen molar-refractivity contribution in [3.63, 3.8) is 0 Å². The van der Waals surface area contributed by atoms with Gasteiger partial charge in [0.2, 0.25) is 0 Å². The molecule has 12 heavy (non-hydrogen) atoms. The number of nitrogens with two attached hydrogens (primary N) is 1. The molecule has 6 heteroatoms. The summed E-state index contributed by atoms with van der Waals surface area (Å²) in [6, 6.07) is -0.755. The molecule has 0 aromatic rings. The summed E-state index contributed by atoms with van der Waals surface area (Å²) >= 11 is 0. The van der Waals surface area contributed by atoms with Crippen LogP contribution in [0, 0.1) is 0 Å². The molecule has 0 spiro atoms. The Morgan fingerprint density at radius 3 is 2.50 bits per heavy atom. The van der Waals surface area contributed by atoms with Crippen LogP contribution in [0.25, 0.3) is 0 Å². The van der Waals surface area contributed by atoms with Gasteiger partial charge in [-0.3, -0.25) is 0 Å². The number of ether oxygens (including phenoxy) is 1. The minimum absolute atomic E-state index is 0.00750. The Hall–Kier alpha value is -0.690. The van der Waals surface area contributed by atoms with Crippen molar-refractivity contribution >= 4 is 5.97 Å². The average Bonchev–Trinajstić information content (AvgIpc) is 1.99. The van der Waals surface area contributed by atoms with Gasteiger partial charge in [-0.15, -0.1) is 0 Å². The summed E-state index contributed by atoms with van der Waals surface area (Å²) in [5, 5.41) is 26.5. The van der Waals surface area contributed by atoms with Gasteiger partial charge in [-0.05, 0) is 0 Å². The minimum atomic E-state index is -1.50. The normalized spacial score (nSPS) is 42.6. The maximum Gasteiger partial charge on any atom is 0.333 e. The first-order valence-electron chi connectivity index (χ1n) is 3.52. The Bertz CT molecular complexity index is 173. The van der Waals surface area contributed by atoms with Crippen LogP contribution in [-0.4, -0.2) is 45.8 Å². The average molecular weight is 177 g/mol. The molecule has 1 saturated heterocycles. The molecule has 0 bridgehead atoms. The van der Waals surface area contributed by atoms with Gasteiger partial charge in [0.1, 0.15) is 6.10 Å². The summed E-state index contributed by atoms with van der Waals surface area (Å²) < 4.78 is 4.56. The number of hydrogen-bond acceptors (Lipinski definition) is 5. The third-order valence-corrected chi connectivity index (χ3v) is 1.80. The van der Waals surface area contributed by atoms with Gasteiger partial charge in [0.05, 0.1) is 0 Å². The summed E-state index contributed by atoms with van der Waals surface area (Å²) in [7, 11) is 0. The molecule has 0 radical (unpaired) electrons. The Morgan fingerprint density at radius 2 is 2.08 bits per heavy atom. The van der Waals surface area contributed by atoms with Crippen molar-refractivity contribution in [2.75, 3.05) is 0 Å². The maximum atomic E-state index is 10.4. The fourth-order valence-electron chi connectivity index (χ4n) is 1.06. The second-order valence-electron chi connectivity index (χ2n) is 2.74. The summed E-state index contributed by atoms with van der Waals surface area (Å²) in [5.41, 5.74) is 5.34. The number of hydrogen-bond donors (Lipinski definition) is 4. The van der Waals surface area contributed by atoms with Gasteiger partial charge >= 0.3 is 5.97 Å². The zero-order chi connectivity index (χ0) is 9.30. The Balaban J connectivity index is 2.59. The van der Waals surface area contributed by atoms with Crippen LogP contribution >= 0.6 is 0 Å². The highest BCUT2D eigenvalue weighted by molar-refractivity contribution is 5.72. The van der Waals surface area contributed by atoms with Gasteiger partial charge in [-0.2, -0.15) is 0 Å². The number of aliphatic carboxylic acids is 1. The van der Waals surface area contributed by atoms with E-state index in [9.17, 15) is 4.79 Å². The van der Waals surface area contributed by atoms with Crippen molar-refractivity contribution in [2.24, 2.45) is 5.73 Å². The third kappa shape index (κ3) is 1.72.